The van der Waals surface area contributed by atoms with Gasteiger partial charge in [0.2, 0.25) is 0 Å². The minimum atomic E-state index is -0.405. The van der Waals surface area contributed by atoms with Crippen LogP contribution in [-0.4, -0.2) is 17.2 Å². The Hall–Kier alpha value is -1.84. The van der Waals surface area contributed by atoms with E-state index in [1.165, 1.54) is 6.07 Å². The molecule has 86 valence electrons. The first-order valence-electron chi connectivity index (χ1n) is 5.21. The zero-order valence-electron chi connectivity index (χ0n) is 9.47. The van der Waals surface area contributed by atoms with Gasteiger partial charge in [-0.3, -0.25) is 4.79 Å². The van der Waals surface area contributed by atoms with E-state index in [-0.39, 0.29) is 11.3 Å². The molecule has 0 aliphatic carbocycles. The molecule has 0 aliphatic heterocycles. The van der Waals surface area contributed by atoms with E-state index in [1.54, 1.807) is 24.4 Å². The summed E-state index contributed by atoms with van der Waals surface area (Å²) in [6.07, 6.45) is 2.46. The van der Waals surface area contributed by atoms with Crippen molar-refractivity contribution in [3.05, 3.63) is 29.8 Å². The maximum absolute atomic E-state index is 11.5. The van der Waals surface area contributed by atoms with Crippen molar-refractivity contribution in [2.75, 3.05) is 0 Å². The van der Waals surface area contributed by atoms with Crippen molar-refractivity contribution in [3.8, 4) is 5.75 Å². The van der Waals surface area contributed by atoms with Gasteiger partial charge < -0.3 is 5.11 Å². The average molecular weight is 220 g/mol. The minimum Gasteiger partial charge on any atom is -0.507 e. The smallest absolute Gasteiger partial charge is 0.275 e. The van der Waals surface area contributed by atoms with Crippen molar-refractivity contribution >= 4 is 12.1 Å². The number of nitrogens with zero attached hydrogens (tertiary/aromatic N) is 1. The molecule has 0 atom stereocenters. The third kappa shape index (κ3) is 3.73. The van der Waals surface area contributed by atoms with E-state index in [0.29, 0.717) is 5.92 Å². The number of phenolic OH excluding ortho intramolecular Hbond substituents is 1. The zero-order valence-corrected chi connectivity index (χ0v) is 9.47. The molecule has 0 spiro atoms. The van der Waals surface area contributed by atoms with Crippen LogP contribution in [-0.2, 0) is 0 Å². The fourth-order valence-corrected chi connectivity index (χ4v) is 1.09. The summed E-state index contributed by atoms with van der Waals surface area (Å²) in [5, 5.41) is 13.2. The van der Waals surface area contributed by atoms with Crippen molar-refractivity contribution in [2.45, 2.75) is 20.3 Å². The lowest BCUT2D eigenvalue weighted by Gasteiger charge is -2.02. The van der Waals surface area contributed by atoms with Crippen LogP contribution in [0, 0.1) is 5.92 Å². The quantitative estimate of drug-likeness (QED) is 0.603. The van der Waals surface area contributed by atoms with Crippen molar-refractivity contribution in [1.29, 1.82) is 0 Å². The molecule has 0 aliphatic rings. The van der Waals surface area contributed by atoms with Crippen LogP contribution in [0.15, 0.2) is 29.4 Å². The molecule has 0 bridgehead atoms. The van der Waals surface area contributed by atoms with Crippen molar-refractivity contribution in [3.63, 3.8) is 0 Å². The molecule has 1 aromatic carbocycles. The lowest BCUT2D eigenvalue weighted by Crippen LogP contribution is -2.17. The first-order chi connectivity index (χ1) is 7.61. The first kappa shape index (κ1) is 12.2. The second kappa shape index (κ2) is 5.90. The highest BCUT2D eigenvalue weighted by atomic mass is 16.3. The number of nitrogens with one attached hydrogen (secondary N) is 1. The monoisotopic (exact) mass is 220 g/mol. The maximum atomic E-state index is 11.5. The number of hydrogen-bond acceptors (Lipinski definition) is 3. The highest BCUT2D eigenvalue weighted by Crippen LogP contribution is 2.14. The van der Waals surface area contributed by atoms with Gasteiger partial charge in [-0.2, -0.15) is 5.10 Å². The molecule has 0 heterocycles. The number of carbonyl (C=O) groups is 1. The number of benzene rings is 1. The molecule has 0 fully saturated rings. The average Bonchev–Trinajstić information content (AvgIpc) is 2.24. The SMILES string of the molecule is CC(C)C/C=N\NC(=O)c1ccccc1O. The largest absolute Gasteiger partial charge is 0.507 e. The van der Waals surface area contributed by atoms with Gasteiger partial charge >= 0.3 is 0 Å². The molecule has 16 heavy (non-hydrogen) atoms. The summed E-state index contributed by atoms with van der Waals surface area (Å²) in [5.41, 5.74) is 2.59. The second-order valence-electron chi connectivity index (χ2n) is 3.90. The Morgan fingerprint density at radius 1 is 1.50 bits per heavy atom. The van der Waals surface area contributed by atoms with Crippen LogP contribution in [0.1, 0.15) is 30.6 Å². The van der Waals surface area contributed by atoms with E-state index >= 15 is 0 Å². The molecule has 0 unspecified atom stereocenters. The fraction of sp³-hybridized carbons (Fsp3) is 0.333. The van der Waals surface area contributed by atoms with Crippen LogP contribution in [0.5, 0.6) is 5.75 Å². The first-order valence-corrected chi connectivity index (χ1v) is 5.21. The molecule has 1 amide bonds. The van der Waals surface area contributed by atoms with Crippen LogP contribution in [0.25, 0.3) is 0 Å². The Morgan fingerprint density at radius 2 is 2.19 bits per heavy atom. The van der Waals surface area contributed by atoms with Gasteiger partial charge in [0.1, 0.15) is 5.75 Å². The predicted molar refractivity (Wildman–Crippen MR) is 63.5 cm³/mol. The molecular weight excluding hydrogens is 204 g/mol. The Morgan fingerprint density at radius 3 is 2.81 bits per heavy atom. The van der Waals surface area contributed by atoms with Crippen LogP contribution < -0.4 is 5.43 Å². The van der Waals surface area contributed by atoms with Gasteiger partial charge in [0.15, 0.2) is 0 Å². The third-order valence-electron chi connectivity index (χ3n) is 1.98. The Balaban J connectivity index is 2.54. The van der Waals surface area contributed by atoms with E-state index < -0.39 is 5.91 Å². The molecule has 1 aromatic rings. The van der Waals surface area contributed by atoms with E-state index in [2.05, 4.69) is 24.4 Å². The summed E-state index contributed by atoms with van der Waals surface area (Å²) in [6.45, 7) is 4.13. The highest BCUT2D eigenvalue weighted by Gasteiger charge is 2.08. The molecule has 4 heteroatoms. The maximum Gasteiger partial charge on any atom is 0.275 e. The van der Waals surface area contributed by atoms with Crippen LogP contribution in [0.2, 0.25) is 0 Å². The highest BCUT2D eigenvalue weighted by molar-refractivity contribution is 5.96. The molecular formula is C12H16N2O2. The molecule has 2 N–H and O–H groups in total. The number of para-hydroxylation sites is 1. The summed E-state index contributed by atoms with van der Waals surface area (Å²) in [5.74, 6) is 0.0583. The van der Waals surface area contributed by atoms with Crippen molar-refractivity contribution < 1.29 is 9.90 Å². The third-order valence-corrected chi connectivity index (χ3v) is 1.98. The molecule has 1 rings (SSSR count). The lowest BCUT2D eigenvalue weighted by molar-refractivity contribution is 0.0952. The summed E-state index contributed by atoms with van der Waals surface area (Å²) >= 11 is 0. The summed E-state index contributed by atoms with van der Waals surface area (Å²) in [4.78, 5) is 11.5. The van der Waals surface area contributed by atoms with Gasteiger partial charge in [-0.05, 0) is 24.5 Å². The van der Waals surface area contributed by atoms with Gasteiger partial charge in [0, 0.05) is 6.21 Å². The van der Waals surface area contributed by atoms with Gasteiger partial charge in [-0.25, -0.2) is 5.43 Å². The summed E-state index contributed by atoms with van der Waals surface area (Å²) in [7, 11) is 0. The van der Waals surface area contributed by atoms with Crippen LogP contribution >= 0.6 is 0 Å². The Kier molecular flexibility index (Phi) is 4.51. The molecule has 0 saturated heterocycles. The van der Waals surface area contributed by atoms with Crippen LogP contribution in [0.3, 0.4) is 0 Å². The topological polar surface area (TPSA) is 61.7 Å². The normalized spacial score (nSPS) is 10.9. The molecule has 0 radical (unpaired) electrons. The van der Waals surface area contributed by atoms with E-state index in [4.69, 9.17) is 0 Å². The minimum absolute atomic E-state index is 0.0425. The number of hydrogen-bond donors (Lipinski definition) is 2. The lowest BCUT2D eigenvalue weighted by atomic mass is 10.2. The van der Waals surface area contributed by atoms with Crippen molar-refractivity contribution in [2.24, 2.45) is 11.0 Å². The second-order valence-corrected chi connectivity index (χ2v) is 3.90. The zero-order chi connectivity index (χ0) is 12.0. The molecule has 0 saturated carbocycles. The standard InChI is InChI=1S/C12H16N2O2/c1-9(2)7-8-13-14-12(16)10-5-3-4-6-11(10)15/h3-6,8-9,15H,7H2,1-2H3,(H,14,16)/b13-8-. The van der Waals surface area contributed by atoms with E-state index in [9.17, 15) is 9.90 Å². The van der Waals surface area contributed by atoms with Gasteiger partial charge in [-0.1, -0.05) is 26.0 Å². The van der Waals surface area contributed by atoms with E-state index in [0.717, 1.165) is 6.42 Å². The summed E-state index contributed by atoms with van der Waals surface area (Å²) in [6, 6.07) is 6.36. The summed E-state index contributed by atoms with van der Waals surface area (Å²) < 4.78 is 0. The number of carbonyl (C=O) groups excluding carboxylic acids is 1. The van der Waals surface area contributed by atoms with Crippen LogP contribution in [0.4, 0.5) is 0 Å². The number of phenols is 1. The van der Waals surface area contributed by atoms with Gasteiger partial charge in [0.05, 0.1) is 5.56 Å². The number of aromatic hydroxyl groups is 1. The fourth-order valence-electron chi connectivity index (χ4n) is 1.09. The predicted octanol–water partition coefficient (Wildman–Crippen LogP) is 2.15. The van der Waals surface area contributed by atoms with E-state index in [1.807, 2.05) is 0 Å². The molecule has 4 nitrogen and oxygen atoms in total. The van der Waals surface area contributed by atoms with Crippen molar-refractivity contribution in [1.82, 2.24) is 5.43 Å². The number of amides is 1. The number of hydrazone groups is 1. The molecule has 0 aromatic heterocycles. The van der Waals surface area contributed by atoms with Gasteiger partial charge in [0.25, 0.3) is 5.91 Å². The Bertz CT molecular complexity index is 386. The Labute approximate surface area is 95.0 Å². The van der Waals surface area contributed by atoms with Gasteiger partial charge in [-0.15, -0.1) is 0 Å². The number of rotatable bonds is 4.